The van der Waals surface area contributed by atoms with Gasteiger partial charge in [0.1, 0.15) is 10.7 Å². The van der Waals surface area contributed by atoms with Crippen LogP contribution in [0.1, 0.15) is 50.3 Å². The molecule has 0 bridgehead atoms. The second-order valence-electron chi connectivity index (χ2n) is 7.81. The highest BCUT2D eigenvalue weighted by Crippen LogP contribution is 2.41. The molecule has 4 heterocycles. The minimum absolute atomic E-state index is 0.0457. The monoisotopic (exact) mass is 443 g/mol. The van der Waals surface area contributed by atoms with Crippen LogP contribution in [0.25, 0.3) is 0 Å². The van der Waals surface area contributed by atoms with Gasteiger partial charge in [-0.05, 0) is 37.8 Å². The van der Waals surface area contributed by atoms with Gasteiger partial charge in [-0.1, -0.05) is 6.92 Å². The molecule has 0 spiro atoms. The number of hydrogen-bond acceptors (Lipinski definition) is 5. The van der Waals surface area contributed by atoms with Crippen LogP contribution in [0.2, 0.25) is 0 Å². The maximum Gasteiger partial charge on any atom is 0.410 e. The quantitative estimate of drug-likeness (QED) is 0.782. The Kier molecular flexibility index (Phi) is 5.52. The van der Waals surface area contributed by atoms with E-state index >= 15 is 0 Å². The first kappa shape index (κ1) is 21.1. The van der Waals surface area contributed by atoms with E-state index in [2.05, 4.69) is 15.4 Å². The van der Waals surface area contributed by atoms with Crippen LogP contribution in [0, 0.1) is 0 Å². The van der Waals surface area contributed by atoms with E-state index in [0.29, 0.717) is 30.8 Å². The van der Waals surface area contributed by atoms with Crippen molar-refractivity contribution >= 4 is 15.8 Å². The second kappa shape index (κ2) is 7.84. The number of aromatic nitrogens is 3. The van der Waals surface area contributed by atoms with Crippen molar-refractivity contribution < 1.29 is 21.6 Å². The van der Waals surface area contributed by atoms with E-state index in [4.69, 9.17) is 0 Å². The minimum atomic E-state index is -4.37. The fraction of sp³-hybridized carbons (Fsp3) is 0.579. The lowest BCUT2D eigenvalue weighted by Gasteiger charge is -2.32. The van der Waals surface area contributed by atoms with Crippen LogP contribution in [-0.2, 0) is 10.0 Å². The first-order chi connectivity index (χ1) is 14.2. The average Bonchev–Trinajstić information content (AvgIpc) is 3.17. The number of hydrogen-bond donors (Lipinski definition) is 1. The van der Waals surface area contributed by atoms with Crippen LogP contribution in [0.3, 0.4) is 0 Å². The Hall–Kier alpha value is -2.14. The van der Waals surface area contributed by atoms with Crippen molar-refractivity contribution in [3.05, 3.63) is 36.3 Å². The predicted molar refractivity (Wildman–Crippen MR) is 105 cm³/mol. The molecule has 2 aliphatic heterocycles. The maximum absolute atomic E-state index is 13.6. The van der Waals surface area contributed by atoms with Crippen molar-refractivity contribution in [2.45, 2.75) is 61.7 Å². The summed E-state index contributed by atoms with van der Waals surface area (Å²) in [4.78, 5) is 4.01. The van der Waals surface area contributed by atoms with Crippen LogP contribution in [0.5, 0.6) is 0 Å². The number of anilines is 1. The molecule has 4 rings (SSSR count). The number of fused-ring (bicyclic) bond motifs is 1. The third kappa shape index (κ3) is 3.92. The third-order valence-corrected chi connectivity index (χ3v) is 7.81. The van der Waals surface area contributed by atoms with Crippen molar-refractivity contribution in [3.63, 3.8) is 0 Å². The Morgan fingerprint density at radius 2 is 2.00 bits per heavy atom. The van der Waals surface area contributed by atoms with Gasteiger partial charge in [0.2, 0.25) is 10.0 Å². The standard InChI is InChI=1S/C19H24F3N5O2S/c1-2-14-10-17(19(20,21)22)27-18(24-14)11-16(25-27)13-5-8-26(9-6-13)30(28,29)15-4-3-7-23-12-15/h3-4,7,11-14,17,24H,2,5-6,8-10H2,1H3/t14-,17-/m1/s1. The van der Waals surface area contributed by atoms with Gasteiger partial charge in [-0.15, -0.1) is 0 Å². The molecule has 1 saturated heterocycles. The molecule has 0 amide bonds. The van der Waals surface area contributed by atoms with Crippen molar-refractivity contribution in [2.24, 2.45) is 0 Å². The summed E-state index contributed by atoms with van der Waals surface area (Å²) >= 11 is 0. The topological polar surface area (TPSA) is 80.1 Å². The Morgan fingerprint density at radius 1 is 1.27 bits per heavy atom. The number of nitrogens with one attached hydrogen (secondary N) is 1. The van der Waals surface area contributed by atoms with Gasteiger partial charge in [-0.25, -0.2) is 13.1 Å². The number of rotatable bonds is 4. The first-order valence-corrected chi connectivity index (χ1v) is 11.5. The lowest BCUT2D eigenvalue weighted by atomic mass is 9.95. The number of sulfonamides is 1. The maximum atomic E-state index is 13.6. The van der Waals surface area contributed by atoms with Crippen molar-refractivity contribution in [3.8, 4) is 0 Å². The molecule has 164 valence electrons. The summed E-state index contributed by atoms with van der Waals surface area (Å²) in [5.74, 6) is 0.301. The molecule has 11 heteroatoms. The van der Waals surface area contributed by atoms with E-state index in [1.54, 1.807) is 12.1 Å². The molecule has 30 heavy (non-hydrogen) atoms. The van der Waals surface area contributed by atoms with Crippen LogP contribution < -0.4 is 5.32 Å². The number of piperidine rings is 1. The van der Waals surface area contributed by atoms with Gasteiger partial charge in [0, 0.05) is 43.5 Å². The molecule has 2 aliphatic rings. The van der Waals surface area contributed by atoms with E-state index in [1.165, 1.54) is 22.8 Å². The van der Waals surface area contributed by atoms with Crippen LogP contribution in [-0.4, -0.2) is 52.8 Å². The van der Waals surface area contributed by atoms with E-state index < -0.39 is 22.2 Å². The zero-order valence-corrected chi connectivity index (χ0v) is 17.3. The highest BCUT2D eigenvalue weighted by atomic mass is 32.2. The molecule has 0 radical (unpaired) electrons. The highest BCUT2D eigenvalue weighted by Gasteiger charge is 2.46. The molecule has 2 aromatic rings. The fourth-order valence-electron chi connectivity index (χ4n) is 4.18. The normalized spacial score (nSPS) is 23.7. The average molecular weight is 443 g/mol. The SMILES string of the molecule is CC[C@@H]1C[C@H](C(F)(F)F)n2nc(C3CCN(S(=O)(=O)c4cccnc4)CC3)cc2N1. The Bertz CT molecular complexity index is 985. The summed E-state index contributed by atoms with van der Waals surface area (Å²) in [6, 6.07) is 2.88. The van der Waals surface area contributed by atoms with Gasteiger partial charge in [0.25, 0.3) is 0 Å². The molecule has 2 aromatic heterocycles. The predicted octanol–water partition coefficient (Wildman–Crippen LogP) is 3.54. The summed E-state index contributed by atoms with van der Waals surface area (Å²) in [7, 11) is -3.62. The Labute approximate surface area is 173 Å². The Balaban J connectivity index is 1.51. The molecule has 1 N–H and O–H groups in total. The van der Waals surface area contributed by atoms with Crippen molar-refractivity contribution in [2.75, 3.05) is 18.4 Å². The van der Waals surface area contributed by atoms with Gasteiger partial charge < -0.3 is 5.32 Å². The molecular formula is C19H24F3N5O2S. The molecule has 0 unspecified atom stereocenters. The summed E-state index contributed by atoms with van der Waals surface area (Å²) < 4.78 is 68.6. The fourth-order valence-corrected chi connectivity index (χ4v) is 5.61. The van der Waals surface area contributed by atoms with Gasteiger partial charge in [-0.3, -0.25) is 4.98 Å². The van der Waals surface area contributed by atoms with E-state index in [-0.39, 0.29) is 36.4 Å². The second-order valence-corrected chi connectivity index (χ2v) is 9.75. The Morgan fingerprint density at radius 3 is 2.60 bits per heavy atom. The van der Waals surface area contributed by atoms with Gasteiger partial charge >= 0.3 is 6.18 Å². The van der Waals surface area contributed by atoms with Crippen molar-refractivity contribution in [1.82, 2.24) is 19.1 Å². The zero-order chi connectivity index (χ0) is 21.5. The van der Waals surface area contributed by atoms with Gasteiger partial charge in [0.15, 0.2) is 6.04 Å². The van der Waals surface area contributed by atoms with Gasteiger partial charge in [-0.2, -0.15) is 22.6 Å². The summed E-state index contributed by atoms with van der Waals surface area (Å²) in [6.45, 7) is 2.44. The molecule has 0 aliphatic carbocycles. The first-order valence-electron chi connectivity index (χ1n) is 10.0. The van der Waals surface area contributed by atoms with E-state index in [0.717, 1.165) is 4.68 Å². The molecule has 0 saturated carbocycles. The lowest BCUT2D eigenvalue weighted by molar-refractivity contribution is -0.173. The molecule has 7 nitrogen and oxygen atoms in total. The molecular weight excluding hydrogens is 419 g/mol. The minimum Gasteiger partial charge on any atom is -0.367 e. The largest absolute Gasteiger partial charge is 0.410 e. The smallest absolute Gasteiger partial charge is 0.367 e. The molecule has 1 fully saturated rings. The van der Waals surface area contributed by atoms with E-state index in [9.17, 15) is 21.6 Å². The highest BCUT2D eigenvalue weighted by molar-refractivity contribution is 7.89. The summed E-state index contributed by atoms with van der Waals surface area (Å²) in [6.07, 6.45) is 0.0189. The number of nitrogens with zero attached hydrogens (tertiary/aromatic N) is 4. The molecule has 0 aromatic carbocycles. The summed E-state index contributed by atoms with van der Waals surface area (Å²) in [5.41, 5.74) is 0.585. The zero-order valence-electron chi connectivity index (χ0n) is 16.5. The lowest BCUT2D eigenvalue weighted by Crippen LogP contribution is -2.39. The van der Waals surface area contributed by atoms with Crippen LogP contribution >= 0.6 is 0 Å². The molecule has 2 atom stereocenters. The summed E-state index contributed by atoms with van der Waals surface area (Å²) in [5, 5.41) is 7.44. The van der Waals surface area contributed by atoms with Crippen LogP contribution in [0.15, 0.2) is 35.5 Å². The third-order valence-electron chi connectivity index (χ3n) is 5.92. The number of halogens is 3. The number of alkyl halides is 3. The van der Waals surface area contributed by atoms with E-state index in [1.807, 2.05) is 6.92 Å². The van der Waals surface area contributed by atoms with Gasteiger partial charge in [0.05, 0.1) is 5.69 Å². The van der Waals surface area contributed by atoms with Crippen LogP contribution in [0.4, 0.5) is 19.0 Å². The number of pyridine rings is 1. The van der Waals surface area contributed by atoms with Crippen molar-refractivity contribution in [1.29, 1.82) is 0 Å².